The van der Waals surface area contributed by atoms with E-state index in [1.807, 2.05) is 12.1 Å². The van der Waals surface area contributed by atoms with Crippen molar-refractivity contribution < 1.29 is 23.5 Å². The van der Waals surface area contributed by atoms with Gasteiger partial charge in [0.05, 0.1) is 11.2 Å². The van der Waals surface area contributed by atoms with Gasteiger partial charge in [0.15, 0.2) is 0 Å². The first-order valence-corrected chi connectivity index (χ1v) is 10.1. The predicted octanol–water partition coefficient (Wildman–Crippen LogP) is 4.90. The average Bonchev–Trinajstić information content (AvgIpc) is 3.56. The number of carbonyl (C=O) groups excluding carboxylic acids is 2. The van der Waals surface area contributed by atoms with E-state index in [4.69, 9.17) is 9.47 Å². The van der Waals surface area contributed by atoms with Crippen molar-refractivity contribution in [3.05, 3.63) is 72.7 Å². The molecule has 160 valence electrons. The van der Waals surface area contributed by atoms with E-state index in [0.717, 1.165) is 18.5 Å². The normalized spacial score (nSPS) is 13.1. The summed E-state index contributed by atoms with van der Waals surface area (Å²) < 4.78 is 26.1. The zero-order valence-corrected chi connectivity index (χ0v) is 17.2. The number of carbonyl (C=O) groups is 2. The molecular formula is C24H23FN2O4. The Kier molecular flexibility index (Phi) is 5.75. The quantitative estimate of drug-likeness (QED) is 0.508. The molecule has 1 aromatic heterocycles. The summed E-state index contributed by atoms with van der Waals surface area (Å²) in [7, 11) is 1.77. The van der Waals surface area contributed by atoms with Gasteiger partial charge in [-0.25, -0.2) is 13.8 Å². The molecule has 0 bridgehead atoms. The van der Waals surface area contributed by atoms with Gasteiger partial charge < -0.3 is 14.4 Å². The number of nitrogens with zero attached hydrogens (tertiary/aromatic N) is 2. The van der Waals surface area contributed by atoms with Crippen LogP contribution in [-0.2, 0) is 16.1 Å². The van der Waals surface area contributed by atoms with Gasteiger partial charge in [-0.15, -0.1) is 0 Å². The molecule has 1 heterocycles. The number of halogens is 1. The number of fused-ring (bicyclic) bond motifs is 1. The molecule has 1 aliphatic rings. The first-order valence-electron chi connectivity index (χ1n) is 10.1. The van der Waals surface area contributed by atoms with Gasteiger partial charge in [0, 0.05) is 24.0 Å². The molecule has 0 saturated heterocycles. The molecule has 0 spiro atoms. The summed E-state index contributed by atoms with van der Waals surface area (Å²) in [6, 6.07) is 13.2. The second-order valence-corrected chi connectivity index (χ2v) is 7.49. The second-order valence-electron chi connectivity index (χ2n) is 7.49. The maximum atomic E-state index is 13.8. The van der Waals surface area contributed by atoms with Crippen LogP contribution in [0, 0.1) is 11.7 Å². The van der Waals surface area contributed by atoms with Crippen molar-refractivity contribution in [3.63, 3.8) is 0 Å². The lowest BCUT2D eigenvalue weighted by molar-refractivity contribution is -0.119. The molecule has 0 atom stereocenters. The van der Waals surface area contributed by atoms with Crippen LogP contribution in [0.3, 0.4) is 0 Å². The van der Waals surface area contributed by atoms with Gasteiger partial charge in [0.2, 0.25) is 5.91 Å². The van der Waals surface area contributed by atoms with E-state index in [1.165, 1.54) is 22.8 Å². The number of ether oxygens (including phenoxy) is 2. The van der Waals surface area contributed by atoms with Gasteiger partial charge in [-0.3, -0.25) is 4.79 Å². The molecule has 1 aliphatic carbocycles. The van der Waals surface area contributed by atoms with E-state index >= 15 is 0 Å². The summed E-state index contributed by atoms with van der Waals surface area (Å²) >= 11 is 0. The van der Waals surface area contributed by atoms with E-state index in [9.17, 15) is 14.0 Å². The lowest BCUT2D eigenvalue weighted by Crippen LogP contribution is -2.27. The smallest absolute Gasteiger partial charge is 0.419 e. The molecular weight excluding hydrogens is 399 g/mol. The molecule has 31 heavy (non-hydrogen) atoms. The lowest BCUT2D eigenvalue weighted by Gasteiger charge is -2.17. The minimum atomic E-state index is -0.630. The Hall–Kier alpha value is -3.61. The van der Waals surface area contributed by atoms with E-state index in [0.29, 0.717) is 22.3 Å². The van der Waals surface area contributed by atoms with Gasteiger partial charge in [-0.05, 0) is 61.4 Å². The van der Waals surface area contributed by atoms with Crippen molar-refractivity contribution in [1.29, 1.82) is 0 Å². The largest absolute Gasteiger partial charge is 0.487 e. The third-order valence-corrected chi connectivity index (χ3v) is 5.22. The average molecular weight is 422 g/mol. The Labute approximate surface area is 179 Å². The van der Waals surface area contributed by atoms with Gasteiger partial charge in [-0.2, -0.15) is 0 Å². The summed E-state index contributed by atoms with van der Waals surface area (Å²) in [6.07, 6.45) is 2.75. The molecule has 7 heteroatoms. The number of benzene rings is 2. The Balaban J connectivity index is 1.52. The molecule has 3 aromatic rings. The van der Waals surface area contributed by atoms with E-state index in [-0.39, 0.29) is 25.0 Å². The Morgan fingerprint density at radius 1 is 1.19 bits per heavy atom. The molecule has 0 radical (unpaired) electrons. The molecule has 1 amide bonds. The fourth-order valence-electron chi connectivity index (χ4n) is 3.40. The minimum absolute atomic E-state index is 0.0443. The predicted molar refractivity (Wildman–Crippen MR) is 116 cm³/mol. The van der Waals surface area contributed by atoms with Crippen LogP contribution in [0.1, 0.15) is 18.5 Å². The summed E-state index contributed by atoms with van der Waals surface area (Å²) in [5, 5.41) is 0.700. The SMILES string of the molecule is C=CCOC(=O)n1c(COc2ccc(N(C)C(=O)C3CC3)cc2)cc2ccc(F)cc21. The van der Waals surface area contributed by atoms with Crippen LogP contribution in [0.4, 0.5) is 14.9 Å². The molecule has 1 fully saturated rings. The highest BCUT2D eigenvalue weighted by Crippen LogP contribution is 2.32. The third kappa shape index (κ3) is 4.45. The van der Waals surface area contributed by atoms with Gasteiger partial charge >= 0.3 is 6.09 Å². The Bertz CT molecular complexity index is 1130. The van der Waals surface area contributed by atoms with Crippen molar-refractivity contribution in [2.24, 2.45) is 5.92 Å². The molecule has 6 nitrogen and oxygen atoms in total. The number of rotatable bonds is 7. The highest BCUT2D eigenvalue weighted by molar-refractivity contribution is 5.96. The maximum Gasteiger partial charge on any atom is 0.419 e. The van der Waals surface area contributed by atoms with E-state index in [2.05, 4.69) is 6.58 Å². The number of anilines is 1. The first-order chi connectivity index (χ1) is 15.0. The van der Waals surface area contributed by atoms with Gasteiger partial charge in [0.1, 0.15) is 24.8 Å². The summed E-state index contributed by atoms with van der Waals surface area (Å²) in [5.74, 6) is 0.409. The van der Waals surface area contributed by atoms with Crippen molar-refractivity contribution in [1.82, 2.24) is 4.57 Å². The number of amides is 1. The van der Waals surface area contributed by atoms with Crippen LogP contribution in [0.25, 0.3) is 10.9 Å². The van der Waals surface area contributed by atoms with E-state index < -0.39 is 11.9 Å². The van der Waals surface area contributed by atoms with E-state index in [1.54, 1.807) is 36.2 Å². The maximum absolute atomic E-state index is 13.8. The van der Waals surface area contributed by atoms with Crippen molar-refractivity contribution in [2.45, 2.75) is 19.4 Å². The summed E-state index contributed by atoms with van der Waals surface area (Å²) in [5.41, 5.74) is 1.73. The minimum Gasteiger partial charge on any atom is -0.487 e. The van der Waals surface area contributed by atoms with Crippen LogP contribution in [0.15, 0.2) is 61.2 Å². The highest BCUT2D eigenvalue weighted by atomic mass is 19.1. The highest BCUT2D eigenvalue weighted by Gasteiger charge is 2.32. The molecule has 1 saturated carbocycles. The Morgan fingerprint density at radius 3 is 2.61 bits per heavy atom. The van der Waals surface area contributed by atoms with Crippen LogP contribution >= 0.6 is 0 Å². The fraction of sp³-hybridized carbons (Fsp3) is 0.250. The summed E-state index contributed by atoms with van der Waals surface area (Å²) in [6.45, 7) is 3.66. The Morgan fingerprint density at radius 2 is 1.94 bits per heavy atom. The van der Waals surface area contributed by atoms with Crippen molar-refractivity contribution in [2.75, 3.05) is 18.6 Å². The summed E-state index contributed by atoms with van der Waals surface area (Å²) in [4.78, 5) is 26.4. The van der Waals surface area contributed by atoms with Crippen LogP contribution in [-0.4, -0.2) is 30.2 Å². The molecule has 4 rings (SSSR count). The standard InChI is InChI=1S/C24H23FN2O4/c1-3-12-30-24(29)27-20(13-17-6-7-18(25)14-22(17)27)15-31-21-10-8-19(9-11-21)26(2)23(28)16-4-5-16/h3,6-11,13-14,16H,1,4-5,12,15H2,2H3. The number of hydrogen-bond donors (Lipinski definition) is 0. The lowest BCUT2D eigenvalue weighted by atomic mass is 10.2. The van der Waals surface area contributed by atoms with Crippen LogP contribution in [0.2, 0.25) is 0 Å². The van der Waals surface area contributed by atoms with Gasteiger partial charge in [-0.1, -0.05) is 12.7 Å². The monoisotopic (exact) mass is 422 g/mol. The van der Waals surface area contributed by atoms with Crippen LogP contribution in [0.5, 0.6) is 5.75 Å². The second kappa shape index (κ2) is 8.63. The zero-order chi connectivity index (χ0) is 22.0. The van der Waals surface area contributed by atoms with Gasteiger partial charge in [0.25, 0.3) is 0 Å². The van der Waals surface area contributed by atoms with Crippen LogP contribution < -0.4 is 9.64 Å². The van der Waals surface area contributed by atoms with Crippen molar-refractivity contribution >= 4 is 28.6 Å². The molecule has 2 aromatic carbocycles. The number of hydrogen-bond acceptors (Lipinski definition) is 4. The zero-order valence-electron chi connectivity index (χ0n) is 17.2. The third-order valence-electron chi connectivity index (χ3n) is 5.22. The molecule has 0 unspecified atom stereocenters. The topological polar surface area (TPSA) is 60.8 Å². The molecule has 0 N–H and O–H groups in total. The molecule has 0 aliphatic heterocycles. The first kappa shape index (κ1) is 20.7. The number of aromatic nitrogens is 1. The van der Waals surface area contributed by atoms with Crippen molar-refractivity contribution in [3.8, 4) is 5.75 Å². The fourth-order valence-corrected chi connectivity index (χ4v) is 3.40.